The highest BCUT2D eigenvalue weighted by Crippen LogP contribution is 2.30. The summed E-state index contributed by atoms with van der Waals surface area (Å²) >= 11 is 0. The molecular weight excluding hydrogens is 393 g/mol. The Labute approximate surface area is 172 Å². The Kier molecular flexibility index (Phi) is 6.57. The summed E-state index contributed by atoms with van der Waals surface area (Å²) in [5.74, 6) is -0.290. The van der Waals surface area contributed by atoms with Gasteiger partial charge in [0, 0.05) is 0 Å². The molecule has 3 aromatic carbocycles. The van der Waals surface area contributed by atoms with Gasteiger partial charge in [0.25, 0.3) is 0 Å². The largest absolute Gasteiger partial charge is 0.490 e. The van der Waals surface area contributed by atoms with Gasteiger partial charge in [-0.1, -0.05) is 54.6 Å². The number of hydrogen-bond acceptors (Lipinski definition) is 2. The molecule has 0 bridgehead atoms. The highest BCUT2D eigenvalue weighted by atomic mass is 19.4. The van der Waals surface area contributed by atoms with Crippen LogP contribution in [0.4, 0.5) is 13.2 Å². The topological polar surface area (TPSA) is 46.5 Å². The van der Waals surface area contributed by atoms with Crippen LogP contribution in [0.25, 0.3) is 17.2 Å². The number of halogens is 3. The number of alkyl halides is 3. The standard InChI is InChI=1S/C24H19F3O3/c25-24(26,27)21-10-2-5-17(14-21)7-4-12-30-22-11-3-9-20(16-22)19-8-1-6-18(13-19)15-23(28)29/h1-11,13-14,16H,12,15H2,(H,28,29)/b7-4+. The molecule has 0 spiro atoms. The second-order valence-corrected chi connectivity index (χ2v) is 6.64. The van der Waals surface area contributed by atoms with E-state index in [2.05, 4.69) is 0 Å². The maximum atomic E-state index is 12.8. The van der Waals surface area contributed by atoms with Crippen LogP contribution < -0.4 is 4.74 Å². The van der Waals surface area contributed by atoms with Crippen molar-refractivity contribution in [3.63, 3.8) is 0 Å². The maximum absolute atomic E-state index is 12.8. The van der Waals surface area contributed by atoms with Crippen LogP contribution in [-0.4, -0.2) is 17.7 Å². The second kappa shape index (κ2) is 9.31. The van der Waals surface area contributed by atoms with Gasteiger partial charge in [-0.15, -0.1) is 0 Å². The predicted octanol–water partition coefficient (Wildman–Crippen LogP) is 6.09. The summed E-state index contributed by atoms with van der Waals surface area (Å²) in [6.45, 7) is 0.193. The van der Waals surface area contributed by atoms with Crippen LogP contribution in [0.1, 0.15) is 16.7 Å². The van der Waals surface area contributed by atoms with Crippen LogP contribution in [0, 0.1) is 0 Å². The first-order valence-corrected chi connectivity index (χ1v) is 9.19. The summed E-state index contributed by atoms with van der Waals surface area (Å²) in [5, 5.41) is 8.95. The normalized spacial score (nSPS) is 11.6. The van der Waals surface area contributed by atoms with E-state index in [1.807, 2.05) is 30.3 Å². The van der Waals surface area contributed by atoms with Crippen molar-refractivity contribution in [1.29, 1.82) is 0 Å². The highest BCUT2D eigenvalue weighted by molar-refractivity contribution is 5.72. The van der Waals surface area contributed by atoms with E-state index in [1.165, 1.54) is 6.07 Å². The smallest absolute Gasteiger partial charge is 0.416 e. The molecule has 0 aliphatic heterocycles. The zero-order chi connectivity index (χ0) is 21.6. The molecule has 0 aromatic heterocycles. The summed E-state index contributed by atoms with van der Waals surface area (Å²) in [7, 11) is 0. The lowest BCUT2D eigenvalue weighted by molar-refractivity contribution is -0.138. The highest BCUT2D eigenvalue weighted by Gasteiger charge is 2.30. The zero-order valence-electron chi connectivity index (χ0n) is 15.9. The molecule has 3 aromatic rings. The number of carbonyl (C=O) groups is 1. The van der Waals surface area contributed by atoms with Crippen molar-refractivity contribution in [2.75, 3.05) is 6.61 Å². The SMILES string of the molecule is O=C(O)Cc1cccc(-c2cccc(OC/C=C/c3cccc(C(F)(F)F)c3)c2)c1. The minimum absolute atomic E-state index is 0.0512. The molecule has 0 saturated carbocycles. The first-order valence-electron chi connectivity index (χ1n) is 9.19. The van der Waals surface area contributed by atoms with E-state index in [0.29, 0.717) is 16.9 Å². The van der Waals surface area contributed by atoms with Crippen LogP contribution in [0.15, 0.2) is 78.9 Å². The quantitative estimate of drug-likeness (QED) is 0.511. The van der Waals surface area contributed by atoms with Crippen LogP contribution in [0.2, 0.25) is 0 Å². The molecule has 3 nitrogen and oxygen atoms in total. The molecule has 154 valence electrons. The molecule has 0 atom stereocenters. The van der Waals surface area contributed by atoms with Crippen molar-refractivity contribution in [2.45, 2.75) is 12.6 Å². The lowest BCUT2D eigenvalue weighted by Crippen LogP contribution is -2.04. The molecule has 1 N–H and O–H groups in total. The molecule has 3 rings (SSSR count). The summed E-state index contributed by atoms with van der Waals surface area (Å²) < 4.78 is 44.0. The average molecular weight is 412 g/mol. The first kappa shape index (κ1) is 21.2. The van der Waals surface area contributed by atoms with Gasteiger partial charge in [0.15, 0.2) is 0 Å². The molecule has 0 aliphatic rings. The third-order valence-electron chi connectivity index (χ3n) is 4.32. The average Bonchev–Trinajstić information content (AvgIpc) is 2.71. The maximum Gasteiger partial charge on any atom is 0.416 e. The Balaban J connectivity index is 1.65. The van der Waals surface area contributed by atoms with Crippen molar-refractivity contribution in [1.82, 2.24) is 0 Å². The van der Waals surface area contributed by atoms with Crippen LogP contribution >= 0.6 is 0 Å². The van der Waals surface area contributed by atoms with E-state index >= 15 is 0 Å². The molecule has 0 fully saturated rings. The Morgan fingerprint density at radius 3 is 2.37 bits per heavy atom. The molecule has 0 radical (unpaired) electrons. The van der Waals surface area contributed by atoms with E-state index < -0.39 is 17.7 Å². The van der Waals surface area contributed by atoms with Gasteiger partial charge in [0.2, 0.25) is 0 Å². The van der Waals surface area contributed by atoms with E-state index in [1.54, 1.807) is 36.4 Å². The molecular formula is C24H19F3O3. The number of hydrogen-bond donors (Lipinski definition) is 1. The number of aliphatic carboxylic acids is 1. The summed E-state index contributed by atoms with van der Waals surface area (Å²) in [5.41, 5.74) is 2.21. The van der Waals surface area contributed by atoms with E-state index in [0.717, 1.165) is 23.3 Å². The van der Waals surface area contributed by atoms with Crippen LogP contribution in [0.5, 0.6) is 5.75 Å². The first-order chi connectivity index (χ1) is 14.3. The summed E-state index contributed by atoms with van der Waals surface area (Å²) in [6.07, 6.45) is -1.20. The molecule has 0 heterocycles. The number of benzene rings is 3. The van der Waals surface area contributed by atoms with Crippen LogP contribution in [0.3, 0.4) is 0 Å². The van der Waals surface area contributed by atoms with E-state index in [4.69, 9.17) is 9.84 Å². The number of carboxylic acids is 1. The van der Waals surface area contributed by atoms with Gasteiger partial charge < -0.3 is 9.84 Å². The van der Waals surface area contributed by atoms with Crippen LogP contribution in [-0.2, 0) is 17.4 Å². The number of carboxylic acid groups (broad SMARTS) is 1. The molecule has 6 heteroatoms. The lowest BCUT2D eigenvalue weighted by atomic mass is 10.0. The van der Waals surface area contributed by atoms with Gasteiger partial charge in [0.1, 0.15) is 12.4 Å². The number of rotatable bonds is 7. The van der Waals surface area contributed by atoms with Crippen molar-refractivity contribution in [3.8, 4) is 16.9 Å². The Bertz CT molecular complexity index is 1060. The minimum Gasteiger partial charge on any atom is -0.490 e. The van der Waals surface area contributed by atoms with Crippen molar-refractivity contribution in [3.05, 3.63) is 95.6 Å². The van der Waals surface area contributed by atoms with Gasteiger partial charge in [-0.05, 0) is 52.6 Å². The molecule has 0 amide bonds. The van der Waals surface area contributed by atoms with Gasteiger partial charge in [-0.2, -0.15) is 13.2 Å². The third kappa shape index (κ3) is 5.98. The Morgan fingerprint density at radius 1 is 0.933 bits per heavy atom. The monoisotopic (exact) mass is 412 g/mol. The summed E-state index contributed by atoms with van der Waals surface area (Å²) in [4.78, 5) is 10.9. The second-order valence-electron chi connectivity index (χ2n) is 6.64. The fourth-order valence-electron chi connectivity index (χ4n) is 2.95. The van der Waals surface area contributed by atoms with Crippen molar-refractivity contribution < 1.29 is 27.8 Å². The van der Waals surface area contributed by atoms with Gasteiger partial charge in [0.05, 0.1) is 12.0 Å². The molecule has 0 unspecified atom stereocenters. The predicted molar refractivity (Wildman–Crippen MR) is 109 cm³/mol. The molecule has 0 aliphatic carbocycles. The Morgan fingerprint density at radius 2 is 1.63 bits per heavy atom. The van der Waals surface area contributed by atoms with Crippen molar-refractivity contribution in [2.24, 2.45) is 0 Å². The minimum atomic E-state index is -4.37. The fraction of sp³-hybridized carbons (Fsp3) is 0.125. The molecule has 30 heavy (non-hydrogen) atoms. The molecule has 0 saturated heterocycles. The third-order valence-corrected chi connectivity index (χ3v) is 4.32. The zero-order valence-corrected chi connectivity index (χ0v) is 15.9. The fourth-order valence-corrected chi connectivity index (χ4v) is 2.95. The lowest BCUT2D eigenvalue weighted by Gasteiger charge is -2.08. The van der Waals surface area contributed by atoms with E-state index in [9.17, 15) is 18.0 Å². The Hall–Kier alpha value is -3.54. The van der Waals surface area contributed by atoms with E-state index in [-0.39, 0.29) is 13.0 Å². The van der Waals surface area contributed by atoms with Gasteiger partial charge >= 0.3 is 12.1 Å². The summed E-state index contributed by atoms with van der Waals surface area (Å²) in [6, 6.07) is 19.7. The van der Waals surface area contributed by atoms with Crippen molar-refractivity contribution >= 4 is 12.0 Å². The van der Waals surface area contributed by atoms with Gasteiger partial charge in [-0.3, -0.25) is 4.79 Å². The van der Waals surface area contributed by atoms with Gasteiger partial charge in [-0.25, -0.2) is 0 Å². The number of ether oxygens (including phenoxy) is 1.